The SMILES string of the molecule is O=C(CCNC1CCCCC1C1CCCN1)N1CCCC1. The average molecular weight is 293 g/mol. The van der Waals surface area contributed by atoms with E-state index < -0.39 is 0 Å². The maximum atomic E-state index is 12.1. The van der Waals surface area contributed by atoms with Crippen LogP contribution in [0.1, 0.15) is 57.8 Å². The van der Waals surface area contributed by atoms with Crippen LogP contribution in [-0.4, -0.2) is 49.1 Å². The van der Waals surface area contributed by atoms with E-state index in [-0.39, 0.29) is 0 Å². The van der Waals surface area contributed by atoms with Gasteiger partial charge < -0.3 is 15.5 Å². The Labute approximate surface area is 129 Å². The maximum Gasteiger partial charge on any atom is 0.223 e. The highest BCUT2D eigenvalue weighted by molar-refractivity contribution is 5.76. The van der Waals surface area contributed by atoms with E-state index in [9.17, 15) is 4.79 Å². The van der Waals surface area contributed by atoms with Crippen LogP contribution in [0.15, 0.2) is 0 Å². The summed E-state index contributed by atoms with van der Waals surface area (Å²) < 4.78 is 0. The monoisotopic (exact) mass is 293 g/mol. The molecule has 120 valence electrons. The van der Waals surface area contributed by atoms with Gasteiger partial charge in [0.05, 0.1) is 0 Å². The van der Waals surface area contributed by atoms with E-state index in [1.807, 2.05) is 4.90 Å². The molecule has 1 saturated carbocycles. The molecule has 0 aromatic heterocycles. The lowest BCUT2D eigenvalue weighted by molar-refractivity contribution is -0.130. The van der Waals surface area contributed by atoms with Gasteiger partial charge in [0.2, 0.25) is 5.91 Å². The van der Waals surface area contributed by atoms with Gasteiger partial charge in [0.15, 0.2) is 0 Å². The van der Waals surface area contributed by atoms with Gasteiger partial charge in [-0.3, -0.25) is 4.79 Å². The Balaban J connectivity index is 1.42. The van der Waals surface area contributed by atoms with Crippen LogP contribution in [0.25, 0.3) is 0 Å². The second-order valence-electron chi connectivity index (χ2n) is 7.05. The van der Waals surface area contributed by atoms with E-state index >= 15 is 0 Å². The van der Waals surface area contributed by atoms with Crippen molar-refractivity contribution in [3.63, 3.8) is 0 Å². The Morgan fingerprint density at radius 1 is 1.05 bits per heavy atom. The second kappa shape index (κ2) is 7.59. The first-order valence-electron chi connectivity index (χ1n) is 9.09. The Bertz CT molecular complexity index is 335. The number of hydrogen-bond acceptors (Lipinski definition) is 3. The first kappa shape index (κ1) is 15.3. The molecule has 2 aliphatic heterocycles. The molecular weight excluding hydrogens is 262 g/mol. The summed E-state index contributed by atoms with van der Waals surface area (Å²) in [6, 6.07) is 1.35. The van der Waals surface area contributed by atoms with Gasteiger partial charge in [-0.25, -0.2) is 0 Å². The number of hydrogen-bond donors (Lipinski definition) is 2. The van der Waals surface area contributed by atoms with E-state index in [1.165, 1.54) is 57.9 Å². The van der Waals surface area contributed by atoms with Crippen LogP contribution in [0.3, 0.4) is 0 Å². The maximum absolute atomic E-state index is 12.1. The number of amides is 1. The molecule has 3 fully saturated rings. The molecule has 0 aromatic carbocycles. The molecule has 3 aliphatic rings. The number of rotatable bonds is 5. The molecule has 4 nitrogen and oxygen atoms in total. The standard InChI is InChI=1S/C17H31N3O/c21-17(20-12-3-4-13-20)9-11-19-15-7-2-1-6-14(15)16-8-5-10-18-16/h14-16,18-19H,1-13H2. The lowest BCUT2D eigenvalue weighted by atomic mass is 9.79. The predicted octanol–water partition coefficient (Wildman–Crippen LogP) is 1.90. The first-order chi connectivity index (χ1) is 10.3. The highest BCUT2D eigenvalue weighted by Crippen LogP contribution is 2.30. The molecule has 0 spiro atoms. The zero-order chi connectivity index (χ0) is 14.5. The molecule has 4 heteroatoms. The van der Waals surface area contributed by atoms with Gasteiger partial charge in [0, 0.05) is 38.1 Å². The van der Waals surface area contributed by atoms with Crippen molar-refractivity contribution >= 4 is 5.91 Å². The molecule has 1 aliphatic carbocycles. The smallest absolute Gasteiger partial charge is 0.223 e. The minimum atomic E-state index is 0.353. The van der Waals surface area contributed by atoms with Gasteiger partial charge in [-0.1, -0.05) is 12.8 Å². The summed E-state index contributed by atoms with van der Waals surface area (Å²) in [6.07, 6.45) is 11.1. The molecule has 0 aromatic rings. The summed E-state index contributed by atoms with van der Waals surface area (Å²) in [4.78, 5) is 14.1. The van der Waals surface area contributed by atoms with Crippen LogP contribution in [0, 0.1) is 5.92 Å². The third kappa shape index (κ3) is 3.98. The summed E-state index contributed by atoms with van der Waals surface area (Å²) in [5, 5.41) is 7.40. The lowest BCUT2D eigenvalue weighted by Gasteiger charge is -2.36. The van der Waals surface area contributed by atoms with E-state index in [0.29, 0.717) is 18.4 Å². The average Bonchev–Trinajstić information content (AvgIpc) is 3.21. The van der Waals surface area contributed by atoms with Crippen molar-refractivity contribution in [2.24, 2.45) is 5.92 Å². The van der Waals surface area contributed by atoms with Crippen molar-refractivity contribution in [2.75, 3.05) is 26.2 Å². The number of carbonyl (C=O) groups is 1. The molecule has 2 heterocycles. The minimum absolute atomic E-state index is 0.353. The van der Waals surface area contributed by atoms with Crippen LogP contribution in [0.5, 0.6) is 0 Å². The second-order valence-corrected chi connectivity index (χ2v) is 7.05. The third-order valence-electron chi connectivity index (χ3n) is 5.64. The summed E-state index contributed by atoms with van der Waals surface area (Å²) in [7, 11) is 0. The van der Waals surface area contributed by atoms with E-state index in [0.717, 1.165) is 31.6 Å². The normalized spacial score (nSPS) is 33.5. The van der Waals surface area contributed by atoms with Crippen molar-refractivity contribution in [3.8, 4) is 0 Å². The van der Waals surface area contributed by atoms with Gasteiger partial charge in [-0.2, -0.15) is 0 Å². The number of nitrogens with zero attached hydrogens (tertiary/aromatic N) is 1. The Kier molecular flexibility index (Phi) is 5.53. The summed E-state index contributed by atoms with van der Waals surface area (Å²) in [5.41, 5.74) is 0. The Morgan fingerprint density at radius 3 is 2.62 bits per heavy atom. The van der Waals surface area contributed by atoms with Gasteiger partial charge >= 0.3 is 0 Å². The molecule has 3 rings (SSSR count). The zero-order valence-corrected chi connectivity index (χ0v) is 13.3. The summed E-state index contributed by atoms with van der Waals surface area (Å²) >= 11 is 0. The zero-order valence-electron chi connectivity index (χ0n) is 13.3. The number of likely N-dealkylation sites (tertiary alicyclic amines) is 1. The Morgan fingerprint density at radius 2 is 1.86 bits per heavy atom. The van der Waals surface area contributed by atoms with Gasteiger partial charge in [0.1, 0.15) is 0 Å². The Hall–Kier alpha value is -0.610. The molecule has 1 amide bonds. The first-order valence-corrected chi connectivity index (χ1v) is 9.09. The van der Waals surface area contributed by atoms with Crippen molar-refractivity contribution in [1.29, 1.82) is 0 Å². The number of nitrogens with one attached hydrogen (secondary N) is 2. The summed E-state index contributed by atoms with van der Waals surface area (Å²) in [6.45, 7) is 4.03. The van der Waals surface area contributed by atoms with Gasteiger partial charge in [-0.05, 0) is 51.0 Å². The number of carbonyl (C=O) groups excluding carboxylic acids is 1. The van der Waals surface area contributed by atoms with Crippen LogP contribution in [0.2, 0.25) is 0 Å². The molecule has 0 radical (unpaired) electrons. The molecule has 2 saturated heterocycles. The van der Waals surface area contributed by atoms with Crippen LogP contribution >= 0.6 is 0 Å². The van der Waals surface area contributed by atoms with Crippen molar-refractivity contribution in [1.82, 2.24) is 15.5 Å². The molecule has 3 unspecified atom stereocenters. The highest BCUT2D eigenvalue weighted by atomic mass is 16.2. The van der Waals surface area contributed by atoms with E-state index in [1.54, 1.807) is 0 Å². The fourth-order valence-corrected chi connectivity index (χ4v) is 4.46. The van der Waals surface area contributed by atoms with Crippen molar-refractivity contribution < 1.29 is 4.79 Å². The molecule has 21 heavy (non-hydrogen) atoms. The van der Waals surface area contributed by atoms with Gasteiger partial charge in [0.25, 0.3) is 0 Å². The van der Waals surface area contributed by atoms with E-state index in [4.69, 9.17) is 0 Å². The topological polar surface area (TPSA) is 44.4 Å². The molecule has 3 atom stereocenters. The summed E-state index contributed by atoms with van der Waals surface area (Å²) in [5.74, 6) is 1.13. The van der Waals surface area contributed by atoms with Crippen molar-refractivity contribution in [2.45, 2.75) is 69.9 Å². The predicted molar refractivity (Wildman–Crippen MR) is 85.2 cm³/mol. The van der Waals surface area contributed by atoms with Crippen molar-refractivity contribution in [3.05, 3.63) is 0 Å². The van der Waals surface area contributed by atoms with Crippen LogP contribution < -0.4 is 10.6 Å². The molecular formula is C17H31N3O. The van der Waals surface area contributed by atoms with Crippen LogP contribution in [-0.2, 0) is 4.79 Å². The lowest BCUT2D eigenvalue weighted by Crippen LogP contribution is -2.47. The molecule has 2 N–H and O–H groups in total. The molecule has 0 bridgehead atoms. The third-order valence-corrected chi connectivity index (χ3v) is 5.64. The highest BCUT2D eigenvalue weighted by Gasteiger charge is 2.32. The fraction of sp³-hybridized carbons (Fsp3) is 0.941. The largest absolute Gasteiger partial charge is 0.343 e. The van der Waals surface area contributed by atoms with E-state index in [2.05, 4.69) is 10.6 Å². The van der Waals surface area contributed by atoms with Gasteiger partial charge in [-0.15, -0.1) is 0 Å². The minimum Gasteiger partial charge on any atom is -0.343 e. The quantitative estimate of drug-likeness (QED) is 0.814. The fourth-order valence-electron chi connectivity index (χ4n) is 4.46. The van der Waals surface area contributed by atoms with Crippen LogP contribution in [0.4, 0.5) is 0 Å².